The number of rotatable bonds is 4. The Kier molecular flexibility index (Phi) is 3.95. The second-order valence-electron chi connectivity index (χ2n) is 4.92. The van der Waals surface area contributed by atoms with Gasteiger partial charge in [-0.15, -0.1) is 0 Å². The number of morpholine rings is 1. The predicted molar refractivity (Wildman–Crippen MR) is 72.9 cm³/mol. The molecule has 0 spiro atoms. The summed E-state index contributed by atoms with van der Waals surface area (Å²) in [4.78, 5) is 6.77. The molecule has 1 aromatic carbocycles. The highest BCUT2D eigenvalue weighted by Gasteiger charge is 2.16. The average molecular weight is 279 g/mol. The van der Waals surface area contributed by atoms with E-state index in [0.29, 0.717) is 18.6 Å². The maximum Gasteiger partial charge on any atom is 0.125 e. The van der Waals surface area contributed by atoms with Crippen molar-refractivity contribution in [3.8, 4) is 0 Å². The van der Waals surface area contributed by atoms with Crippen LogP contribution < -0.4 is 0 Å². The first-order chi connectivity index (χ1) is 9.78. The number of hydrogen-bond donors (Lipinski definition) is 1. The molecule has 1 N–H and O–H groups in total. The van der Waals surface area contributed by atoms with Crippen LogP contribution in [0, 0.1) is 5.82 Å². The van der Waals surface area contributed by atoms with E-state index in [1.165, 1.54) is 12.1 Å². The number of ether oxygens (including phenoxy) is 1. The van der Waals surface area contributed by atoms with Gasteiger partial charge in [0.25, 0.3) is 0 Å². The number of halogens is 1. The molecule has 0 aliphatic carbocycles. The van der Waals surface area contributed by atoms with Gasteiger partial charge in [0, 0.05) is 25.7 Å². The molecule has 1 saturated heterocycles. The smallest absolute Gasteiger partial charge is 0.125 e. The number of nitrogens with zero attached hydrogens (tertiary/aromatic N) is 3. The molecule has 0 atom stereocenters. The zero-order valence-electron chi connectivity index (χ0n) is 11.3. The molecule has 0 bridgehead atoms. The molecule has 108 valence electrons. The first kappa shape index (κ1) is 13.5. The summed E-state index contributed by atoms with van der Waals surface area (Å²) in [5.74, 6) is 0.575. The lowest BCUT2D eigenvalue weighted by Gasteiger charge is -2.26. The van der Waals surface area contributed by atoms with Crippen LogP contribution in [0.5, 0.6) is 0 Å². The molecule has 1 aromatic heterocycles. The Balaban J connectivity index is 1.93. The Bertz CT molecular complexity index is 593. The van der Waals surface area contributed by atoms with Gasteiger partial charge < -0.3 is 14.4 Å². The molecule has 5 nitrogen and oxygen atoms in total. The molecular weight excluding hydrogens is 261 g/mol. The molecule has 2 aromatic rings. The number of aromatic nitrogens is 2. The summed E-state index contributed by atoms with van der Waals surface area (Å²) in [6.45, 7) is 4.41. The van der Waals surface area contributed by atoms with E-state index in [4.69, 9.17) is 4.74 Å². The average Bonchev–Trinajstić information content (AvgIpc) is 2.77. The second kappa shape index (κ2) is 5.87. The summed E-state index contributed by atoms with van der Waals surface area (Å²) in [5, 5.41) is 9.23. The second-order valence-corrected chi connectivity index (χ2v) is 4.92. The molecule has 0 amide bonds. The van der Waals surface area contributed by atoms with Crippen molar-refractivity contribution in [2.75, 3.05) is 32.9 Å². The molecule has 20 heavy (non-hydrogen) atoms. The van der Waals surface area contributed by atoms with Gasteiger partial charge in [0.05, 0.1) is 37.4 Å². The number of hydrogen-bond acceptors (Lipinski definition) is 4. The van der Waals surface area contributed by atoms with E-state index in [9.17, 15) is 9.50 Å². The Morgan fingerprint density at radius 3 is 2.85 bits per heavy atom. The molecule has 3 rings (SSSR count). The normalized spacial score (nSPS) is 16.9. The fourth-order valence-electron chi connectivity index (χ4n) is 2.58. The van der Waals surface area contributed by atoms with Crippen LogP contribution in [0.2, 0.25) is 0 Å². The number of imidazole rings is 1. The van der Waals surface area contributed by atoms with Gasteiger partial charge in [-0.2, -0.15) is 0 Å². The Morgan fingerprint density at radius 1 is 1.30 bits per heavy atom. The fraction of sp³-hybridized carbons (Fsp3) is 0.500. The largest absolute Gasteiger partial charge is 0.395 e. The first-order valence-electron chi connectivity index (χ1n) is 6.83. The van der Waals surface area contributed by atoms with Gasteiger partial charge in [-0.05, 0) is 12.1 Å². The summed E-state index contributed by atoms with van der Waals surface area (Å²) in [6.07, 6.45) is 0. The zero-order chi connectivity index (χ0) is 13.9. The third-order valence-electron chi connectivity index (χ3n) is 3.58. The summed E-state index contributed by atoms with van der Waals surface area (Å²) < 4.78 is 20.6. The molecule has 2 heterocycles. The summed E-state index contributed by atoms with van der Waals surface area (Å²) in [5.41, 5.74) is 1.51. The van der Waals surface area contributed by atoms with Crippen LogP contribution in [-0.4, -0.2) is 52.5 Å². The van der Waals surface area contributed by atoms with Gasteiger partial charge in [0.2, 0.25) is 0 Å². The van der Waals surface area contributed by atoms with E-state index in [1.807, 2.05) is 4.57 Å². The number of aliphatic hydroxyl groups excluding tert-OH is 1. The number of benzene rings is 1. The molecule has 0 saturated carbocycles. The fourth-order valence-corrected chi connectivity index (χ4v) is 2.58. The van der Waals surface area contributed by atoms with Crippen LogP contribution in [0.4, 0.5) is 4.39 Å². The molecule has 1 aliphatic rings. The Morgan fingerprint density at radius 2 is 2.10 bits per heavy atom. The number of aliphatic hydroxyl groups is 1. The molecule has 1 fully saturated rings. The molecule has 6 heteroatoms. The van der Waals surface area contributed by atoms with Crippen LogP contribution in [0.3, 0.4) is 0 Å². The predicted octanol–water partition coefficient (Wildman–Crippen LogP) is 1.000. The van der Waals surface area contributed by atoms with Crippen LogP contribution in [0.25, 0.3) is 11.0 Å². The molecular formula is C14H18FN3O2. The minimum Gasteiger partial charge on any atom is -0.395 e. The molecule has 1 aliphatic heterocycles. The lowest BCUT2D eigenvalue weighted by molar-refractivity contribution is 0.0325. The lowest BCUT2D eigenvalue weighted by atomic mass is 10.3. The quantitative estimate of drug-likeness (QED) is 0.907. The lowest BCUT2D eigenvalue weighted by Crippen LogP contribution is -2.36. The monoisotopic (exact) mass is 279 g/mol. The van der Waals surface area contributed by atoms with Gasteiger partial charge in [-0.3, -0.25) is 4.90 Å². The van der Waals surface area contributed by atoms with Gasteiger partial charge in [-0.1, -0.05) is 0 Å². The van der Waals surface area contributed by atoms with E-state index in [-0.39, 0.29) is 12.4 Å². The van der Waals surface area contributed by atoms with Crippen molar-refractivity contribution in [2.45, 2.75) is 13.1 Å². The minimum absolute atomic E-state index is 0.0406. The van der Waals surface area contributed by atoms with Crippen LogP contribution in [0.1, 0.15) is 5.82 Å². The van der Waals surface area contributed by atoms with E-state index in [1.54, 1.807) is 6.07 Å². The van der Waals surface area contributed by atoms with Gasteiger partial charge in [0.15, 0.2) is 0 Å². The SMILES string of the molecule is OCCn1c(CN2CCOCC2)nc2cc(F)ccc21. The van der Waals surface area contributed by atoms with Crippen molar-refractivity contribution in [1.29, 1.82) is 0 Å². The Labute approximate surface area is 116 Å². The van der Waals surface area contributed by atoms with Crippen molar-refractivity contribution in [1.82, 2.24) is 14.5 Å². The van der Waals surface area contributed by atoms with E-state index in [2.05, 4.69) is 9.88 Å². The maximum atomic E-state index is 13.3. The van der Waals surface area contributed by atoms with Crippen LogP contribution >= 0.6 is 0 Å². The van der Waals surface area contributed by atoms with Gasteiger partial charge in [0.1, 0.15) is 11.6 Å². The van der Waals surface area contributed by atoms with Gasteiger partial charge >= 0.3 is 0 Å². The first-order valence-corrected chi connectivity index (χ1v) is 6.83. The highest BCUT2D eigenvalue weighted by molar-refractivity contribution is 5.76. The highest BCUT2D eigenvalue weighted by atomic mass is 19.1. The van der Waals surface area contributed by atoms with Crippen molar-refractivity contribution in [3.63, 3.8) is 0 Å². The van der Waals surface area contributed by atoms with E-state index in [0.717, 1.165) is 37.6 Å². The maximum absolute atomic E-state index is 13.3. The molecule has 0 radical (unpaired) electrons. The van der Waals surface area contributed by atoms with E-state index < -0.39 is 0 Å². The zero-order valence-corrected chi connectivity index (χ0v) is 11.3. The third-order valence-corrected chi connectivity index (χ3v) is 3.58. The Hall–Kier alpha value is -1.50. The van der Waals surface area contributed by atoms with Crippen molar-refractivity contribution in [2.24, 2.45) is 0 Å². The van der Waals surface area contributed by atoms with Crippen LogP contribution in [0.15, 0.2) is 18.2 Å². The van der Waals surface area contributed by atoms with Gasteiger partial charge in [-0.25, -0.2) is 9.37 Å². The topological polar surface area (TPSA) is 50.5 Å². The standard InChI is InChI=1S/C14H18FN3O2/c15-11-1-2-13-12(9-11)16-14(18(13)3-6-19)10-17-4-7-20-8-5-17/h1-2,9,19H,3-8,10H2. The number of fused-ring (bicyclic) bond motifs is 1. The molecule has 0 unspecified atom stereocenters. The summed E-state index contributed by atoms with van der Waals surface area (Å²) >= 11 is 0. The van der Waals surface area contributed by atoms with E-state index >= 15 is 0 Å². The van der Waals surface area contributed by atoms with Crippen molar-refractivity contribution >= 4 is 11.0 Å². The third kappa shape index (κ3) is 2.67. The van der Waals surface area contributed by atoms with Crippen LogP contribution in [-0.2, 0) is 17.8 Å². The minimum atomic E-state index is -0.288. The van der Waals surface area contributed by atoms with Crippen molar-refractivity contribution < 1.29 is 14.2 Å². The van der Waals surface area contributed by atoms with Crippen molar-refractivity contribution in [3.05, 3.63) is 29.8 Å². The summed E-state index contributed by atoms with van der Waals surface area (Å²) in [6, 6.07) is 4.58. The highest BCUT2D eigenvalue weighted by Crippen LogP contribution is 2.19. The summed E-state index contributed by atoms with van der Waals surface area (Å²) in [7, 11) is 0.